The highest BCUT2D eigenvalue weighted by Gasteiger charge is 2.25. The van der Waals surface area contributed by atoms with E-state index in [1.165, 1.54) is 18.9 Å². The van der Waals surface area contributed by atoms with Crippen molar-refractivity contribution in [3.63, 3.8) is 0 Å². The maximum absolute atomic E-state index is 14.2. The van der Waals surface area contributed by atoms with Gasteiger partial charge in [-0.25, -0.2) is 9.37 Å². The molecule has 0 amide bonds. The van der Waals surface area contributed by atoms with Gasteiger partial charge in [0, 0.05) is 23.8 Å². The second-order valence-corrected chi connectivity index (χ2v) is 6.77. The number of aryl methyl sites for hydroxylation is 1. The average molecular weight is 360 g/mol. The minimum absolute atomic E-state index is 0.247. The molecule has 134 valence electrons. The van der Waals surface area contributed by atoms with Gasteiger partial charge in [-0.1, -0.05) is 0 Å². The van der Waals surface area contributed by atoms with Crippen molar-refractivity contribution in [2.75, 3.05) is 5.32 Å². The van der Waals surface area contributed by atoms with E-state index in [2.05, 4.69) is 25.4 Å². The number of hydrogen-bond donors (Lipinski definition) is 1. The fourth-order valence-corrected chi connectivity index (χ4v) is 3.08. The molecule has 1 N–H and O–H groups in total. The van der Waals surface area contributed by atoms with Gasteiger partial charge in [-0.05, 0) is 50.1 Å². The molecule has 4 aromatic rings. The van der Waals surface area contributed by atoms with Crippen LogP contribution >= 0.6 is 0 Å². The zero-order valence-electron chi connectivity index (χ0n) is 14.7. The smallest absolute Gasteiger partial charge is 0.151 e. The van der Waals surface area contributed by atoms with Gasteiger partial charge in [0.15, 0.2) is 5.82 Å². The number of aromatic nitrogens is 5. The number of nitrogens with zero attached hydrogens (tertiary/aromatic N) is 5. The molecule has 7 heteroatoms. The first-order valence-corrected chi connectivity index (χ1v) is 8.88. The zero-order chi connectivity index (χ0) is 18.4. The molecule has 0 aromatic carbocycles. The molecule has 0 unspecified atom stereocenters. The van der Waals surface area contributed by atoms with Gasteiger partial charge in [0.05, 0.1) is 23.6 Å². The molecule has 0 saturated heterocycles. The molecular weight excluding hydrogens is 343 g/mol. The van der Waals surface area contributed by atoms with Crippen LogP contribution in [0, 0.1) is 12.7 Å². The SMILES string of the molecule is Cc1ccc(F)c(-c2cc(Nc3ccnc4cn(C5CC5)nc34)ccn2)n1. The lowest BCUT2D eigenvalue weighted by Crippen LogP contribution is -1.97. The highest BCUT2D eigenvalue weighted by molar-refractivity contribution is 5.89. The van der Waals surface area contributed by atoms with Crippen molar-refractivity contribution < 1.29 is 4.39 Å². The number of fused-ring (bicyclic) bond motifs is 1. The van der Waals surface area contributed by atoms with Crippen LogP contribution in [0.2, 0.25) is 0 Å². The summed E-state index contributed by atoms with van der Waals surface area (Å²) < 4.78 is 16.2. The second-order valence-electron chi connectivity index (χ2n) is 6.77. The number of anilines is 2. The van der Waals surface area contributed by atoms with Crippen LogP contribution in [-0.2, 0) is 0 Å². The Morgan fingerprint density at radius 3 is 2.81 bits per heavy atom. The predicted molar refractivity (Wildman–Crippen MR) is 101 cm³/mol. The van der Waals surface area contributed by atoms with Gasteiger partial charge in [0.25, 0.3) is 0 Å². The van der Waals surface area contributed by atoms with Crippen LogP contribution in [0.1, 0.15) is 24.6 Å². The third kappa shape index (κ3) is 3.01. The molecule has 1 fully saturated rings. The summed E-state index contributed by atoms with van der Waals surface area (Å²) in [5, 5.41) is 8.04. The molecule has 4 aromatic heterocycles. The zero-order valence-corrected chi connectivity index (χ0v) is 14.7. The van der Waals surface area contributed by atoms with Crippen LogP contribution in [0.4, 0.5) is 15.8 Å². The van der Waals surface area contributed by atoms with E-state index in [0.29, 0.717) is 11.7 Å². The molecule has 1 saturated carbocycles. The summed E-state index contributed by atoms with van der Waals surface area (Å²) in [7, 11) is 0. The summed E-state index contributed by atoms with van der Waals surface area (Å²) in [5.74, 6) is -0.389. The van der Waals surface area contributed by atoms with E-state index in [1.807, 2.05) is 29.9 Å². The quantitative estimate of drug-likeness (QED) is 0.584. The topological polar surface area (TPSA) is 68.5 Å². The lowest BCUT2D eigenvalue weighted by atomic mass is 10.2. The summed E-state index contributed by atoms with van der Waals surface area (Å²) in [6.45, 7) is 1.83. The Morgan fingerprint density at radius 1 is 1.11 bits per heavy atom. The Balaban J connectivity index is 1.51. The summed E-state index contributed by atoms with van der Waals surface area (Å²) in [6.07, 6.45) is 7.72. The van der Waals surface area contributed by atoms with Crippen molar-refractivity contribution >= 4 is 22.4 Å². The minimum atomic E-state index is -0.389. The molecule has 0 spiro atoms. The maximum atomic E-state index is 14.2. The Kier molecular flexibility index (Phi) is 3.60. The van der Waals surface area contributed by atoms with Crippen LogP contribution in [0.25, 0.3) is 22.4 Å². The number of nitrogens with one attached hydrogen (secondary N) is 1. The molecule has 0 radical (unpaired) electrons. The number of pyridine rings is 3. The van der Waals surface area contributed by atoms with Crippen molar-refractivity contribution in [1.82, 2.24) is 24.7 Å². The standard InChI is InChI=1S/C20H17FN6/c1-12-2-5-15(21)19(24-12)17-10-13(6-8-22-17)25-16-7-9-23-18-11-27(14-3-4-14)26-20(16)18/h2,5-11,14H,3-4H2,1H3,(H,22,25). The van der Waals surface area contributed by atoms with E-state index < -0.39 is 0 Å². The fraction of sp³-hybridized carbons (Fsp3) is 0.200. The molecule has 0 atom stereocenters. The Hall–Kier alpha value is -3.35. The van der Waals surface area contributed by atoms with Crippen LogP contribution in [0.3, 0.4) is 0 Å². The van der Waals surface area contributed by atoms with Gasteiger partial charge in [-0.3, -0.25) is 14.6 Å². The first-order valence-electron chi connectivity index (χ1n) is 8.88. The number of rotatable bonds is 4. The monoisotopic (exact) mass is 360 g/mol. The Morgan fingerprint density at radius 2 is 1.96 bits per heavy atom. The summed E-state index contributed by atoms with van der Waals surface area (Å²) in [5.41, 5.74) is 4.79. The molecule has 6 nitrogen and oxygen atoms in total. The van der Waals surface area contributed by atoms with Gasteiger partial charge >= 0.3 is 0 Å². The Labute approximate surface area is 155 Å². The molecule has 0 aliphatic heterocycles. The van der Waals surface area contributed by atoms with Crippen LogP contribution < -0.4 is 5.32 Å². The third-order valence-electron chi connectivity index (χ3n) is 4.61. The van der Waals surface area contributed by atoms with E-state index in [4.69, 9.17) is 0 Å². The molecule has 1 aliphatic rings. The highest BCUT2D eigenvalue weighted by atomic mass is 19.1. The predicted octanol–water partition coefficient (Wildman–Crippen LogP) is 4.41. The van der Waals surface area contributed by atoms with Crippen LogP contribution in [-0.4, -0.2) is 24.7 Å². The lowest BCUT2D eigenvalue weighted by molar-refractivity contribution is 0.624. The molecule has 0 bridgehead atoms. The first-order chi connectivity index (χ1) is 13.2. The van der Waals surface area contributed by atoms with E-state index in [1.54, 1.807) is 24.5 Å². The van der Waals surface area contributed by atoms with Crippen molar-refractivity contribution in [2.45, 2.75) is 25.8 Å². The van der Waals surface area contributed by atoms with Gasteiger partial charge < -0.3 is 5.32 Å². The Bertz CT molecular complexity index is 1150. The molecule has 4 heterocycles. The van der Waals surface area contributed by atoms with Gasteiger partial charge in [0.1, 0.15) is 16.7 Å². The van der Waals surface area contributed by atoms with E-state index >= 15 is 0 Å². The normalized spacial score (nSPS) is 13.9. The van der Waals surface area contributed by atoms with Crippen molar-refractivity contribution in [3.05, 3.63) is 60.4 Å². The summed E-state index contributed by atoms with van der Waals surface area (Å²) in [6, 6.07) is 9.06. The third-order valence-corrected chi connectivity index (χ3v) is 4.61. The van der Waals surface area contributed by atoms with Gasteiger partial charge in [-0.2, -0.15) is 5.10 Å². The maximum Gasteiger partial charge on any atom is 0.151 e. The van der Waals surface area contributed by atoms with Crippen molar-refractivity contribution in [2.24, 2.45) is 0 Å². The second kappa shape index (κ2) is 6.12. The summed E-state index contributed by atoms with van der Waals surface area (Å²) in [4.78, 5) is 13.0. The lowest BCUT2D eigenvalue weighted by Gasteiger charge is -2.09. The number of halogens is 1. The summed E-state index contributed by atoms with van der Waals surface area (Å²) >= 11 is 0. The van der Waals surface area contributed by atoms with Crippen LogP contribution in [0.5, 0.6) is 0 Å². The highest BCUT2D eigenvalue weighted by Crippen LogP contribution is 2.36. The van der Waals surface area contributed by atoms with Crippen LogP contribution in [0.15, 0.2) is 48.9 Å². The minimum Gasteiger partial charge on any atom is -0.353 e. The van der Waals surface area contributed by atoms with E-state index in [0.717, 1.165) is 28.1 Å². The van der Waals surface area contributed by atoms with E-state index in [9.17, 15) is 4.39 Å². The number of hydrogen-bond acceptors (Lipinski definition) is 5. The van der Waals surface area contributed by atoms with Crippen molar-refractivity contribution in [3.8, 4) is 11.4 Å². The van der Waals surface area contributed by atoms with Crippen molar-refractivity contribution in [1.29, 1.82) is 0 Å². The molecular formula is C20H17FN6. The molecule has 5 rings (SSSR count). The van der Waals surface area contributed by atoms with Gasteiger partial charge in [-0.15, -0.1) is 0 Å². The van der Waals surface area contributed by atoms with Gasteiger partial charge in [0.2, 0.25) is 0 Å². The largest absolute Gasteiger partial charge is 0.353 e. The fourth-order valence-electron chi connectivity index (χ4n) is 3.08. The first kappa shape index (κ1) is 15.9. The van der Waals surface area contributed by atoms with E-state index in [-0.39, 0.29) is 11.5 Å². The molecule has 27 heavy (non-hydrogen) atoms. The average Bonchev–Trinajstić information content (AvgIpc) is 3.43. The molecule has 1 aliphatic carbocycles.